The van der Waals surface area contributed by atoms with Crippen LogP contribution in [0.3, 0.4) is 0 Å². The number of aromatic nitrogens is 2. The van der Waals surface area contributed by atoms with Crippen LogP contribution in [0.2, 0.25) is 0 Å². The summed E-state index contributed by atoms with van der Waals surface area (Å²) >= 11 is 0. The van der Waals surface area contributed by atoms with Crippen molar-refractivity contribution in [3.05, 3.63) is 105 Å². The van der Waals surface area contributed by atoms with Gasteiger partial charge in [0.2, 0.25) is 5.88 Å². The zero-order chi connectivity index (χ0) is 25.1. The molecule has 0 bridgehead atoms. The Morgan fingerprint density at radius 1 is 1.00 bits per heavy atom. The maximum Gasteiger partial charge on any atom is 0.269 e. The topological polar surface area (TPSA) is 96.5 Å². The Labute approximate surface area is 203 Å². The van der Waals surface area contributed by atoms with Gasteiger partial charge in [0.25, 0.3) is 11.5 Å². The molecule has 174 valence electrons. The maximum atomic E-state index is 13.4. The Bertz CT molecular complexity index is 1590. The van der Waals surface area contributed by atoms with Crippen molar-refractivity contribution in [2.24, 2.45) is 0 Å². The molecule has 4 rings (SSSR count). The third-order valence-corrected chi connectivity index (χ3v) is 5.77. The lowest BCUT2D eigenvalue weighted by atomic mass is 10.1. The number of benzene rings is 2. The lowest BCUT2D eigenvalue weighted by Gasteiger charge is -2.13. The van der Waals surface area contributed by atoms with Gasteiger partial charge in [-0.15, -0.1) is 0 Å². The van der Waals surface area contributed by atoms with Crippen molar-refractivity contribution in [3.8, 4) is 17.7 Å². The summed E-state index contributed by atoms with van der Waals surface area (Å²) in [6, 6.07) is 18.3. The van der Waals surface area contributed by atoms with Crippen LogP contribution < -0.4 is 15.6 Å². The van der Waals surface area contributed by atoms with E-state index < -0.39 is 11.5 Å². The van der Waals surface area contributed by atoms with Crippen LogP contribution in [0.4, 0.5) is 5.69 Å². The summed E-state index contributed by atoms with van der Waals surface area (Å²) in [4.78, 5) is 31.0. The number of carbonyl (C=O) groups is 1. The number of para-hydroxylation sites is 1. The molecule has 0 unspecified atom stereocenters. The van der Waals surface area contributed by atoms with E-state index in [4.69, 9.17) is 4.74 Å². The maximum absolute atomic E-state index is 13.4. The molecular weight excluding hydrogens is 440 g/mol. The molecule has 35 heavy (non-hydrogen) atoms. The molecule has 1 amide bonds. The van der Waals surface area contributed by atoms with Crippen molar-refractivity contribution in [1.82, 2.24) is 9.38 Å². The molecule has 2 aromatic heterocycles. The lowest BCUT2D eigenvalue weighted by molar-refractivity contribution is -0.112. The fourth-order valence-electron chi connectivity index (χ4n) is 3.58. The van der Waals surface area contributed by atoms with E-state index >= 15 is 0 Å². The molecule has 0 saturated heterocycles. The van der Waals surface area contributed by atoms with E-state index in [9.17, 15) is 14.9 Å². The van der Waals surface area contributed by atoms with E-state index in [0.29, 0.717) is 17.1 Å². The summed E-state index contributed by atoms with van der Waals surface area (Å²) in [6.45, 7) is 7.62. The minimum Gasteiger partial charge on any atom is -0.438 e. The molecule has 7 nitrogen and oxygen atoms in total. The number of nitriles is 1. The quantitative estimate of drug-likeness (QED) is 0.321. The molecule has 2 aromatic carbocycles. The number of ether oxygens (including phenoxy) is 1. The summed E-state index contributed by atoms with van der Waals surface area (Å²) in [7, 11) is 0. The van der Waals surface area contributed by atoms with Crippen LogP contribution in [0.25, 0.3) is 11.7 Å². The van der Waals surface area contributed by atoms with Crippen LogP contribution >= 0.6 is 0 Å². The molecule has 0 atom stereocenters. The van der Waals surface area contributed by atoms with E-state index in [1.54, 1.807) is 24.4 Å². The number of carbonyl (C=O) groups excluding carboxylic acids is 1. The first kappa shape index (κ1) is 23.5. The Kier molecular flexibility index (Phi) is 6.47. The Hall–Kier alpha value is -4.70. The largest absolute Gasteiger partial charge is 0.438 e. The standard InChI is InChI=1S/C28H24N4O3/c1-17-11-12-22(14-20(17)4)30-26(33)21(16-29)15-23-27(35-24-10-6-5-8-18(24)2)31-25-19(3)9-7-13-32(25)28(23)34/h5-15H,1-4H3,(H,30,33)/b21-15-. The van der Waals surface area contributed by atoms with E-state index in [0.717, 1.165) is 22.3 Å². The molecule has 7 heteroatoms. The van der Waals surface area contributed by atoms with Gasteiger partial charge in [0.15, 0.2) is 0 Å². The van der Waals surface area contributed by atoms with Crippen molar-refractivity contribution in [2.45, 2.75) is 27.7 Å². The Morgan fingerprint density at radius 2 is 1.74 bits per heavy atom. The molecule has 4 aromatic rings. The van der Waals surface area contributed by atoms with Gasteiger partial charge in [-0.1, -0.05) is 30.3 Å². The van der Waals surface area contributed by atoms with Crippen molar-refractivity contribution in [3.63, 3.8) is 0 Å². The second-order valence-electron chi connectivity index (χ2n) is 8.31. The van der Waals surface area contributed by atoms with Gasteiger partial charge in [0.1, 0.15) is 28.6 Å². The van der Waals surface area contributed by atoms with Crippen LogP contribution in [0.15, 0.2) is 71.2 Å². The van der Waals surface area contributed by atoms with Crippen LogP contribution in [0.1, 0.15) is 27.8 Å². The average Bonchev–Trinajstić information content (AvgIpc) is 2.83. The van der Waals surface area contributed by atoms with E-state index in [-0.39, 0.29) is 17.0 Å². The Morgan fingerprint density at radius 3 is 2.46 bits per heavy atom. The summed E-state index contributed by atoms with van der Waals surface area (Å²) in [5.74, 6) is -0.0956. The van der Waals surface area contributed by atoms with Gasteiger partial charge in [-0.3, -0.25) is 14.0 Å². The van der Waals surface area contributed by atoms with E-state index in [1.807, 2.05) is 70.2 Å². The number of pyridine rings is 1. The highest BCUT2D eigenvalue weighted by molar-refractivity contribution is 6.09. The van der Waals surface area contributed by atoms with Crippen LogP contribution in [-0.2, 0) is 4.79 Å². The molecule has 2 heterocycles. The highest BCUT2D eigenvalue weighted by Gasteiger charge is 2.19. The van der Waals surface area contributed by atoms with Crippen LogP contribution in [0.5, 0.6) is 11.6 Å². The number of amides is 1. The number of hydrogen-bond acceptors (Lipinski definition) is 5. The predicted molar refractivity (Wildman–Crippen MR) is 136 cm³/mol. The number of anilines is 1. The number of aryl methyl sites for hydroxylation is 4. The van der Waals surface area contributed by atoms with Crippen LogP contribution in [0, 0.1) is 39.0 Å². The monoisotopic (exact) mass is 464 g/mol. The molecule has 0 spiro atoms. The molecular formula is C28H24N4O3. The smallest absolute Gasteiger partial charge is 0.269 e. The predicted octanol–water partition coefficient (Wildman–Crippen LogP) is 5.27. The zero-order valence-corrected chi connectivity index (χ0v) is 19.9. The Balaban J connectivity index is 1.83. The summed E-state index contributed by atoms with van der Waals surface area (Å²) < 4.78 is 7.42. The molecule has 0 saturated carbocycles. The van der Waals surface area contributed by atoms with Crippen LogP contribution in [-0.4, -0.2) is 15.3 Å². The number of fused-ring (bicyclic) bond motifs is 1. The second-order valence-corrected chi connectivity index (χ2v) is 8.31. The van der Waals surface area contributed by atoms with Crippen molar-refractivity contribution < 1.29 is 9.53 Å². The van der Waals surface area contributed by atoms with Crippen molar-refractivity contribution in [1.29, 1.82) is 5.26 Å². The molecule has 0 aliphatic carbocycles. The summed E-state index contributed by atoms with van der Waals surface area (Å²) in [6.07, 6.45) is 2.82. The number of hydrogen-bond donors (Lipinski definition) is 1. The molecule has 1 N–H and O–H groups in total. The first-order valence-electron chi connectivity index (χ1n) is 11.0. The van der Waals surface area contributed by atoms with Gasteiger partial charge in [-0.2, -0.15) is 10.2 Å². The minimum atomic E-state index is -0.633. The van der Waals surface area contributed by atoms with Crippen molar-refractivity contribution >= 4 is 23.3 Å². The first-order chi connectivity index (χ1) is 16.8. The van der Waals surface area contributed by atoms with E-state index in [1.165, 1.54) is 10.5 Å². The fourth-order valence-corrected chi connectivity index (χ4v) is 3.58. The lowest BCUT2D eigenvalue weighted by Crippen LogP contribution is -2.21. The van der Waals surface area contributed by atoms with Gasteiger partial charge in [-0.25, -0.2) is 0 Å². The van der Waals surface area contributed by atoms with Gasteiger partial charge in [0, 0.05) is 11.9 Å². The number of nitrogens with one attached hydrogen (secondary N) is 1. The van der Waals surface area contributed by atoms with Gasteiger partial charge < -0.3 is 10.1 Å². The second kappa shape index (κ2) is 9.65. The molecule has 0 aliphatic heterocycles. The third kappa shape index (κ3) is 4.82. The van der Waals surface area contributed by atoms with Gasteiger partial charge in [-0.05, 0) is 80.3 Å². The number of rotatable bonds is 5. The molecule has 0 radical (unpaired) electrons. The SMILES string of the molecule is Cc1ccc(NC(=O)/C(C#N)=C\c2c(Oc3ccccc3C)nc3c(C)cccn3c2=O)cc1C. The first-order valence-corrected chi connectivity index (χ1v) is 11.0. The van der Waals surface area contributed by atoms with E-state index in [2.05, 4.69) is 10.3 Å². The minimum absolute atomic E-state index is 0.00291. The summed E-state index contributed by atoms with van der Waals surface area (Å²) in [5, 5.41) is 12.5. The molecule has 0 fully saturated rings. The zero-order valence-electron chi connectivity index (χ0n) is 19.9. The highest BCUT2D eigenvalue weighted by Crippen LogP contribution is 2.27. The fraction of sp³-hybridized carbons (Fsp3) is 0.143. The third-order valence-electron chi connectivity index (χ3n) is 5.77. The highest BCUT2D eigenvalue weighted by atomic mass is 16.5. The van der Waals surface area contributed by atoms with Crippen molar-refractivity contribution in [2.75, 3.05) is 5.32 Å². The average molecular weight is 465 g/mol. The van der Waals surface area contributed by atoms with Gasteiger partial charge in [0.05, 0.1) is 0 Å². The number of nitrogens with zero attached hydrogens (tertiary/aromatic N) is 3. The molecule has 0 aliphatic rings. The normalized spacial score (nSPS) is 11.2. The van der Waals surface area contributed by atoms with Gasteiger partial charge >= 0.3 is 0 Å². The summed E-state index contributed by atoms with van der Waals surface area (Å²) in [5.41, 5.74) is 4.01.